The number of nitrogens with two attached hydrogens (primary N) is 1. The molecule has 0 radical (unpaired) electrons. The van der Waals surface area contributed by atoms with E-state index in [-0.39, 0.29) is 0 Å². The van der Waals surface area contributed by atoms with E-state index < -0.39 is 0 Å². The van der Waals surface area contributed by atoms with Crippen LogP contribution in [0.1, 0.15) is 45.4 Å². The summed E-state index contributed by atoms with van der Waals surface area (Å²) in [7, 11) is 0. The summed E-state index contributed by atoms with van der Waals surface area (Å²) in [6.45, 7) is 2.55. The van der Waals surface area contributed by atoms with Crippen LogP contribution in [0.15, 0.2) is 0 Å². The van der Waals surface area contributed by atoms with Crippen LogP contribution < -0.4 is 11.3 Å². The predicted octanol–water partition coefficient (Wildman–Crippen LogP) is 1.38. The van der Waals surface area contributed by atoms with Gasteiger partial charge in [0.2, 0.25) is 0 Å². The number of unbranched alkanes of at least 4 members (excludes halogenated alkanes) is 4. The summed E-state index contributed by atoms with van der Waals surface area (Å²) in [6.07, 6.45) is 6.53. The maximum Gasteiger partial charge on any atom is 0.129 e. The number of hydrogen-bond acceptors (Lipinski definition) is 3. The Bertz CT molecular complexity index is 115. The lowest BCUT2D eigenvalue weighted by Crippen LogP contribution is -2.22. The number of Topliss-reactive ketones (excluding diaryl/α,β-unsaturated/α-hetero) is 1. The van der Waals surface area contributed by atoms with Gasteiger partial charge in [0.15, 0.2) is 0 Å². The summed E-state index contributed by atoms with van der Waals surface area (Å²) in [4.78, 5) is 10.6. The van der Waals surface area contributed by atoms with E-state index >= 15 is 0 Å². The summed E-state index contributed by atoms with van der Waals surface area (Å²) >= 11 is 0. The average Bonchev–Trinajstić information content (AvgIpc) is 2.02. The second kappa shape index (κ2) is 8.68. The van der Waals surface area contributed by atoms with Crippen molar-refractivity contribution in [3.05, 3.63) is 0 Å². The van der Waals surface area contributed by atoms with Gasteiger partial charge in [-0.1, -0.05) is 19.3 Å². The van der Waals surface area contributed by atoms with E-state index in [1.165, 1.54) is 19.3 Å². The van der Waals surface area contributed by atoms with Crippen molar-refractivity contribution in [1.82, 2.24) is 5.43 Å². The van der Waals surface area contributed by atoms with Gasteiger partial charge in [0, 0.05) is 13.0 Å². The van der Waals surface area contributed by atoms with Crippen LogP contribution in [0.4, 0.5) is 0 Å². The van der Waals surface area contributed by atoms with Gasteiger partial charge in [0.05, 0.1) is 0 Å². The lowest BCUT2D eigenvalue weighted by Gasteiger charge is -1.99. The Hall–Kier alpha value is -0.410. The minimum Gasteiger partial charge on any atom is -0.300 e. The van der Waals surface area contributed by atoms with Crippen LogP contribution in [-0.4, -0.2) is 12.3 Å². The highest BCUT2D eigenvalue weighted by molar-refractivity contribution is 5.75. The van der Waals surface area contributed by atoms with Crippen LogP contribution >= 0.6 is 0 Å². The first-order valence-electron chi connectivity index (χ1n) is 4.70. The van der Waals surface area contributed by atoms with Gasteiger partial charge in [0.1, 0.15) is 5.78 Å². The molecule has 0 bridgehead atoms. The van der Waals surface area contributed by atoms with E-state index in [1.807, 2.05) is 0 Å². The molecular weight excluding hydrogens is 152 g/mol. The van der Waals surface area contributed by atoms with Gasteiger partial charge in [-0.3, -0.25) is 11.3 Å². The van der Waals surface area contributed by atoms with Crippen LogP contribution in [-0.2, 0) is 4.79 Å². The molecule has 0 fully saturated rings. The molecule has 0 spiro atoms. The van der Waals surface area contributed by atoms with Crippen LogP contribution in [0.2, 0.25) is 0 Å². The van der Waals surface area contributed by atoms with Gasteiger partial charge in [-0.05, 0) is 19.8 Å². The lowest BCUT2D eigenvalue weighted by atomic mass is 10.1. The SMILES string of the molecule is CC(=O)CCCCCCCNN. The van der Waals surface area contributed by atoms with Crippen molar-refractivity contribution in [3.63, 3.8) is 0 Å². The monoisotopic (exact) mass is 172 g/mol. The number of hydrazine groups is 1. The molecule has 0 aliphatic rings. The molecule has 0 aromatic rings. The quantitative estimate of drug-likeness (QED) is 0.330. The molecule has 3 N–H and O–H groups in total. The minimum atomic E-state index is 0.304. The highest BCUT2D eigenvalue weighted by Crippen LogP contribution is 2.04. The maximum absolute atomic E-state index is 10.6. The third kappa shape index (κ3) is 9.59. The first kappa shape index (κ1) is 11.6. The van der Waals surface area contributed by atoms with E-state index in [9.17, 15) is 4.79 Å². The zero-order valence-corrected chi connectivity index (χ0v) is 7.94. The van der Waals surface area contributed by atoms with E-state index in [1.54, 1.807) is 6.92 Å². The second-order valence-corrected chi connectivity index (χ2v) is 3.17. The molecule has 0 atom stereocenters. The van der Waals surface area contributed by atoms with Gasteiger partial charge in [-0.2, -0.15) is 0 Å². The zero-order chi connectivity index (χ0) is 9.23. The average molecular weight is 172 g/mol. The molecule has 0 rings (SSSR count). The topological polar surface area (TPSA) is 55.1 Å². The Balaban J connectivity index is 2.86. The summed E-state index contributed by atoms with van der Waals surface area (Å²) in [5, 5.41) is 0. The molecule has 0 heterocycles. The van der Waals surface area contributed by atoms with Crippen LogP contribution in [0.25, 0.3) is 0 Å². The molecule has 0 aromatic carbocycles. The molecule has 0 saturated carbocycles. The maximum atomic E-state index is 10.6. The molecule has 3 heteroatoms. The molecule has 0 unspecified atom stereocenters. The molecule has 0 aliphatic carbocycles. The lowest BCUT2D eigenvalue weighted by molar-refractivity contribution is -0.117. The van der Waals surface area contributed by atoms with Crippen molar-refractivity contribution in [2.24, 2.45) is 5.84 Å². The van der Waals surface area contributed by atoms with Crippen molar-refractivity contribution in [1.29, 1.82) is 0 Å². The molecule has 0 amide bonds. The fourth-order valence-corrected chi connectivity index (χ4v) is 1.13. The van der Waals surface area contributed by atoms with Crippen molar-refractivity contribution in [2.75, 3.05) is 6.54 Å². The fraction of sp³-hybridized carbons (Fsp3) is 0.889. The highest BCUT2D eigenvalue weighted by atomic mass is 16.1. The number of carbonyl (C=O) groups is 1. The molecule has 0 aromatic heterocycles. The predicted molar refractivity (Wildman–Crippen MR) is 50.6 cm³/mol. The first-order valence-corrected chi connectivity index (χ1v) is 4.70. The van der Waals surface area contributed by atoms with Crippen molar-refractivity contribution >= 4 is 5.78 Å². The normalized spacial score (nSPS) is 10.2. The van der Waals surface area contributed by atoms with Crippen LogP contribution in [0.5, 0.6) is 0 Å². The van der Waals surface area contributed by atoms with Crippen LogP contribution in [0.3, 0.4) is 0 Å². The molecule has 72 valence electrons. The van der Waals surface area contributed by atoms with Gasteiger partial charge >= 0.3 is 0 Å². The third-order valence-electron chi connectivity index (χ3n) is 1.85. The number of rotatable bonds is 8. The third-order valence-corrected chi connectivity index (χ3v) is 1.85. The summed E-state index contributed by atoms with van der Waals surface area (Å²) in [5.41, 5.74) is 2.62. The molecule has 0 saturated heterocycles. The Morgan fingerprint density at radius 1 is 1.17 bits per heavy atom. The molecule has 3 nitrogen and oxygen atoms in total. The zero-order valence-electron chi connectivity index (χ0n) is 7.94. The van der Waals surface area contributed by atoms with Gasteiger partial charge < -0.3 is 4.79 Å². The van der Waals surface area contributed by atoms with E-state index in [4.69, 9.17) is 5.84 Å². The van der Waals surface area contributed by atoms with Crippen molar-refractivity contribution < 1.29 is 4.79 Å². The van der Waals surface area contributed by atoms with E-state index in [2.05, 4.69) is 5.43 Å². The van der Waals surface area contributed by atoms with Gasteiger partial charge in [-0.25, -0.2) is 0 Å². The Kier molecular flexibility index (Phi) is 8.39. The molecule has 0 aliphatic heterocycles. The van der Waals surface area contributed by atoms with E-state index in [0.717, 1.165) is 25.8 Å². The summed E-state index contributed by atoms with van der Waals surface area (Å²) in [5.74, 6) is 5.42. The Morgan fingerprint density at radius 3 is 2.33 bits per heavy atom. The van der Waals surface area contributed by atoms with E-state index in [0.29, 0.717) is 5.78 Å². The number of carbonyl (C=O) groups excluding carboxylic acids is 1. The van der Waals surface area contributed by atoms with Crippen molar-refractivity contribution in [2.45, 2.75) is 45.4 Å². The smallest absolute Gasteiger partial charge is 0.129 e. The largest absolute Gasteiger partial charge is 0.300 e. The number of hydrogen-bond donors (Lipinski definition) is 2. The van der Waals surface area contributed by atoms with Crippen LogP contribution in [0, 0.1) is 0 Å². The summed E-state index contributed by atoms with van der Waals surface area (Å²) < 4.78 is 0. The van der Waals surface area contributed by atoms with Gasteiger partial charge in [0.25, 0.3) is 0 Å². The Morgan fingerprint density at radius 2 is 1.75 bits per heavy atom. The Labute approximate surface area is 74.7 Å². The number of ketones is 1. The summed E-state index contributed by atoms with van der Waals surface area (Å²) in [6, 6.07) is 0. The standard InChI is InChI=1S/C9H20N2O/c1-9(12)7-5-3-2-4-6-8-11-10/h11H,2-8,10H2,1H3. The molecular formula is C9H20N2O. The fourth-order valence-electron chi connectivity index (χ4n) is 1.13. The highest BCUT2D eigenvalue weighted by Gasteiger charge is 1.93. The molecule has 12 heavy (non-hydrogen) atoms. The minimum absolute atomic E-state index is 0.304. The van der Waals surface area contributed by atoms with Crippen molar-refractivity contribution in [3.8, 4) is 0 Å². The van der Waals surface area contributed by atoms with Gasteiger partial charge in [-0.15, -0.1) is 0 Å². The number of nitrogens with one attached hydrogen (secondary N) is 1. The first-order chi connectivity index (χ1) is 5.77. The second-order valence-electron chi connectivity index (χ2n) is 3.17.